The summed E-state index contributed by atoms with van der Waals surface area (Å²) in [7, 11) is 5.84. The van der Waals surface area contributed by atoms with E-state index in [4.69, 9.17) is 28.4 Å². The number of aryl methyl sites for hydroxylation is 1. The maximum atomic E-state index is 11.0. The number of aliphatic hydroxyl groups excluding tert-OH is 4. The van der Waals surface area contributed by atoms with E-state index < -0.39 is 30.8 Å². The van der Waals surface area contributed by atoms with Crippen molar-refractivity contribution in [3.63, 3.8) is 0 Å². The third kappa shape index (κ3) is 6.14. The number of ether oxygens (including phenoxy) is 6. The van der Waals surface area contributed by atoms with Crippen LogP contribution in [0.3, 0.4) is 0 Å². The maximum Gasteiger partial charge on any atom is 0.204 e. The van der Waals surface area contributed by atoms with Crippen molar-refractivity contribution in [2.75, 3.05) is 48.3 Å². The van der Waals surface area contributed by atoms with Crippen LogP contribution in [0.1, 0.15) is 46.8 Å². The van der Waals surface area contributed by atoms with Gasteiger partial charge in [-0.05, 0) is 54.3 Å². The molecular formula is C31H38O11. The van der Waals surface area contributed by atoms with Gasteiger partial charge in [-0.15, -0.1) is 0 Å². The largest absolute Gasteiger partial charge is 0.504 e. The Kier molecular flexibility index (Phi) is 10.2. The number of fused-ring (bicyclic) bond motifs is 1. The van der Waals surface area contributed by atoms with Gasteiger partial charge < -0.3 is 54.0 Å². The van der Waals surface area contributed by atoms with Gasteiger partial charge in [0.15, 0.2) is 40.6 Å². The number of methoxy groups -OCH3 is 4. The fourth-order valence-electron chi connectivity index (χ4n) is 5.16. The molecule has 228 valence electrons. The van der Waals surface area contributed by atoms with E-state index in [9.17, 15) is 25.5 Å². The van der Waals surface area contributed by atoms with Crippen LogP contribution in [-0.4, -0.2) is 79.9 Å². The summed E-state index contributed by atoms with van der Waals surface area (Å²) in [6.07, 6.45) is -1.81. The molecule has 0 saturated heterocycles. The Morgan fingerprint density at radius 1 is 0.833 bits per heavy atom. The Bertz CT molecular complexity index is 1330. The molecule has 5 N–H and O–H groups in total. The summed E-state index contributed by atoms with van der Waals surface area (Å²) in [5.74, 6) is 1.36. The van der Waals surface area contributed by atoms with Crippen LogP contribution in [0.4, 0.5) is 0 Å². The highest BCUT2D eigenvalue weighted by molar-refractivity contribution is 5.58. The zero-order chi connectivity index (χ0) is 30.4. The third-order valence-electron chi connectivity index (χ3n) is 7.35. The number of aliphatic hydroxyl groups is 4. The van der Waals surface area contributed by atoms with Gasteiger partial charge in [-0.1, -0.05) is 12.1 Å². The van der Waals surface area contributed by atoms with E-state index >= 15 is 0 Å². The predicted octanol–water partition coefficient (Wildman–Crippen LogP) is 3.03. The Balaban J connectivity index is 1.68. The van der Waals surface area contributed by atoms with Crippen LogP contribution < -0.4 is 28.4 Å². The van der Waals surface area contributed by atoms with Crippen molar-refractivity contribution >= 4 is 0 Å². The van der Waals surface area contributed by atoms with Crippen LogP contribution in [0.5, 0.6) is 40.2 Å². The third-order valence-corrected chi connectivity index (χ3v) is 7.35. The van der Waals surface area contributed by atoms with Gasteiger partial charge in [0.25, 0.3) is 0 Å². The van der Waals surface area contributed by atoms with Crippen molar-refractivity contribution in [2.45, 2.75) is 37.1 Å². The number of rotatable bonds is 14. The maximum absolute atomic E-state index is 11.0. The van der Waals surface area contributed by atoms with E-state index in [2.05, 4.69) is 0 Å². The molecule has 1 heterocycles. The second-order valence-electron chi connectivity index (χ2n) is 9.84. The predicted molar refractivity (Wildman–Crippen MR) is 152 cm³/mol. The van der Waals surface area contributed by atoms with Gasteiger partial charge >= 0.3 is 0 Å². The van der Waals surface area contributed by atoms with Crippen LogP contribution in [-0.2, 0) is 6.42 Å². The van der Waals surface area contributed by atoms with Crippen LogP contribution in [0.15, 0.2) is 42.5 Å². The molecule has 0 saturated carbocycles. The van der Waals surface area contributed by atoms with Crippen molar-refractivity contribution < 1.29 is 54.0 Å². The minimum Gasteiger partial charge on any atom is -0.504 e. The molecular weight excluding hydrogens is 548 g/mol. The Morgan fingerprint density at radius 2 is 1.50 bits per heavy atom. The highest BCUT2D eigenvalue weighted by Gasteiger charge is 2.39. The van der Waals surface area contributed by atoms with E-state index in [0.717, 1.165) is 11.1 Å². The van der Waals surface area contributed by atoms with Gasteiger partial charge in [0, 0.05) is 17.7 Å². The van der Waals surface area contributed by atoms with Gasteiger partial charge in [-0.25, -0.2) is 0 Å². The molecule has 11 nitrogen and oxygen atoms in total. The summed E-state index contributed by atoms with van der Waals surface area (Å²) in [5.41, 5.74) is 2.74. The van der Waals surface area contributed by atoms with Crippen molar-refractivity contribution in [1.29, 1.82) is 0 Å². The van der Waals surface area contributed by atoms with Crippen molar-refractivity contribution in [1.82, 2.24) is 0 Å². The first-order chi connectivity index (χ1) is 20.3. The number of aromatic hydroxyl groups is 1. The van der Waals surface area contributed by atoms with E-state index in [1.54, 1.807) is 19.2 Å². The monoisotopic (exact) mass is 586 g/mol. The standard InChI is InChI=1S/C31H38O11/c1-37-23-12-18(7-8-22(23)35)28(36)27(16-34)41-31-25(39-3)13-19(14-26(31)40-4)29-21(15-33)20-10-17(6-5-9-32)11-24(38-2)30(20)42-29/h7-8,10-14,21,27-29,32-36H,5-6,9,15-16H2,1-4H3/t21-,27-,28+,29-/m0/s1. The molecule has 0 unspecified atom stereocenters. The van der Waals surface area contributed by atoms with Crippen LogP contribution in [0.2, 0.25) is 0 Å². The fraction of sp³-hybridized carbons (Fsp3) is 0.419. The number of hydrogen-bond acceptors (Lipinski definition) is 11. The molecule has 3 aromatic rings. The molecule has 1 aliphatic heterocycles. The van der Waals surface area contributed by atoms with E-state index in [1.165, 1.54) is 39.5 Å². The van der Waals surface area contributed by atoms with Gasteiger partial charge in [0.2, 0.25) is 5.75 Å². The lowest BCUT2D eigenvalue weighted by Crippen LogP contribution is -2.29. The topological polar surface area (TPSA) is 157 Å². The lowest BCUT2D eigenvalue weighted by molar-refractivity contribution is -0.00180. The molecule has 0 bridgehead atoms. The van der Waals surface area contributed by atoms with Crippen LogP contribution in [0, 0.1) is 0 Å². The van der Waals surface area contributed by atoms with E-state index in [0.29, 0.717) is 35.5 Å². The zero-order valence-corrected chi connectivity index (χ0v) is 24.1. The Labute approximate surface area is 244 Å². The lowest BCUT2D eigenvalue weighted by Gasteiger charge is -2.26. The fourth-order valence-corrected chi connectivity index (χ4v) is 5.16. The molecule has 0 amide bonds. The molecule has 4 atom stereocenters. The number of hydrogen-bond donors (Lipinski definition) is 5. The molecule has 0 radical (unpaired) electrons. The number of benzene rings is 3. The first kappa shape index (κ1) is 31.0. The molecule has 4 rings (SSSR count). The van der Waals surface area contributed by atoms with Crippen molar-refractivity contribution in [3.8, 4) is 40.2 Å². The van der Waals surface area contributed by atoms with Gasteiger partial charge in [-0.2, -0.15) is 0 Å². The molecule has 11 heteroatoms. The van der Waals surface area contributed by atoms with Gasteiger partial charge in [0.05, 0.1) is 47.6 Å². The first-order valence-corrected chi connectivity index (χ1v) is 13.5. The Hall–Kier alpha value is -3.90. The minimum absolute atomic E-state index is 0.0628. The Morgan fingerprint density at radius 3 is 2.07 bits per heavy atom. The second-order valence-corrected chi connectivity index (χ2v) is 9.84. The van der Waals surface area contributed by atoms with Crippen LogP contribution in [0.25, 0.3) is 0 Å². The summed E-state index contributed by atoms with van der Waals surface area (Å²) in [6.45, 7) is -0.695. The molecule has 3 aromatic carbocycles. The summed E-state index contributed by atoms with van der Waals surface area (Å²) >= 11 is 0. The van der Waals surface area contributed by atoms with Crippen molar-refractivity contribution in [3.05, 3.63) is 64.7 Å². The first-order valence-electron chi connectivity index (χ1n) is 13.5. The molecule has 42 heavy (non-hydrogen) atoms. The average Bonchev–Trinajstić information content (AvgIpc) is 3.40. The highest BCUT2D eigenvalue weighted by atomic mass is 16.6. The van der Waals surface area contributed by atoms with E-state index in [1.807, 2.05) is 12.1 Å². The minimum atomic E-state index is -1.29. The summed E-state index contributed by atoms with van der Waals surface area (Å²) in [6, 6.07) is 11.6. The average molecular weight is 587 g/mol. The molecule has 0 spiro atoms. The van der Waals surface area contributed by atoms with Crippen LogP contribution >= 0.6 is 0 Å². The molecule has 0 fully saturated rings. The summed E-state index contributed by atoms with van der Waals surface area (Å²) in [5, 5.41) is 50.8. The van der Waals surface area contributed by atoms with E-state index in [-0.39, 0.29) is 42.0 Å². The SMILES string of the molecule is COc1cc([C@@H](O)[C@H](CO)Oc2c(OC)cc([C@@H]3Oc4c(OC)cc(CCCO)cc4[C@@H]3CO)cc2OC)ccc1O. The highest BCUT2D eigenvalue weighted by Crippen LogP contribution is 2.53. The second kappa shape index (κ2) is 13.8. The lowest BCUT2D eigenvalue weighted by atomic mass is 9.90. The smallest absolute Gasteiger partial charge is 0.204 e. The zero-order valence-electron chi connectivity index (χ0n) is 24.1. The summed E-state index contributed by atoms with van der Waals surface area (Å²) < 4.78 is 34.4. The molecule has 0 aliphatic carbocycles. The van der Waals surface area contributed by atoms with Gasteiger partial charge in [-0.3, -0.25) is 0 Å². The number of phenolic OH excluding ortho intramolecular Hbond substituents is 1. The quantitative estimate of drug-likeness (QED) is 0.189. The summed E-state index contributed by atoms with van der Waals surface area (Å²) in [4.78, 5) is 0. The molecule has 0 aromatic heterocycles. The van der Waals surface area contributed by atoms with Crippen molar-refractivity contribution in [2.24, 2.45) is 0 Å². The van der Waals surface area contributed by atoms with Gasteiger partial charge in [0.1, 0.15) is 12.2 Å². The normalized spacial score (nSPS) is 17.1. The molecule has 1 aliphatic rings. The number of phenols is 1.